The number of carbonyl (C=O) groups excluding carboxylic acids is 1. The Labute approximate surface area is 91.8 Å². The van der Waals surface area contributed by atoms with Crippen LogP contribution in [0.25, 0.3) is 0 Å². The van der Waals surface area contributed by atoms with Crippen LogP contribution in [0.1, 0.15) is 40.0 Å². The molecule has 0 saturated heterocycles. The van der Waals surface area contributed by atoms with Gasteiger partial charge in [0, 0.05) is 0 Å². The minimum Gasteiger partial charge on any atom is -0.464 e. The highest BCUT2D eigenvalue weighted by Crippen LogP contribution is 2.35. The molecule has 1 rings (SSSR count). The molecular weight excluding hydrogens is 192 g/mol. The second-order valence-electron chi connectivity index (χ2n) is 4.76. The van der Waals surface area contributed by atoms with E-state index < -0.39 is 12.1 Å². The standard InChI is InChI=1S/C12H22O3/c1-4-15-12(14)11(13)10-6-5-8(2)7-9(10)3/h8-11,13H,4-7H2,1-3H3. The van der Waals surface area contributed by atoms with Crippen LogP contribution in [0, 0.1) is 17.8 Å². The average molecular weight is 214 g/mol. The van der Waals surface area contributed by atoms with Gasteiger partial charge in [0.15, 0.2) is 6.10 Å². The molecule has 3 heteroatoms. The van der Waals surface area contributed by atoms with E-state index in [1.807, 2.05) is 0 Å². The lowest BCUT2D eigenvalue weighted by molar-refractivity contribution is -0.158. The Morgan fingerprint density at radius 1 is 1.47 bits per heavy atom. The van der Waals surface area contributed by atoms with Gasteiger partial charge in [0.1, 0.15) is 0 Å². The first kappa shape index (κ1) is 12.5. The first-order valence-electron chi connectivity index (χ1n) is 5.91. The number of esters is 1. The average Bonchev–Trinajstić information content (AvgIpc) is 2.17. The van der Waals surface area contributed by atoms with Gasteiger partial charge in [-0.1, -0.05) is 20.3 Å². The molecule has 1 N–H and O–H groups in total. The summed E-state index contributed by atoms with van der Waals surface area (Å²) < 4.78 is 4.84. The molecule has 1 fully saturated rings. The van der Waals surface area contributed by atoms with Crippen molar-refractivity contribution in [3.05, 3.63) is 0 Å². The lowest BCUT2D eigenvalue weighted by atomic mass is 9.73. The Balaban J connectivity index is 2.51. The van der Waals surface area contributed by atoms with Gasteiger partial charge in [-0.05, 0) is 37.5 Å². The quantitative estimate of drug-likeness (QED) is 0.731. The molecular formula is C12H22O3. The van der Waals surface area contributed by atoms with E-state index in [1.165, 1.54) is 0 Å². The third-order valence-corrected chi connectivity index (χ3v) is 3.43. The summed E-state index contributed by atoms with van der Waals surface area (Å²) in [6.07, 6.45) is 2.21. The van der Waals surface area contributed by atoms with E-state index in [0.717, 1.165) is 19.3 Å². The smallest absolute Gasteiger partial charge is 0.335 e. The maximum absolute atomic E-state index is 11.4. The highest BCUT2D eigenvalue weighted by Gasteiger charge is 2.34. The van der Waals surface area contributed by atoms with Crippen molar-refractivity contribution in [3.8, 4) is 0 Å². The molecule has 0 amide bonds. The molecule has 0 radical (unpaired) electrons. The number of hydrogen-bond acceptors (Lipinski definition) is 3. The topological polar surface area (TPSA) is 46.5 Å². The minimum atomic E-state index is -0.924. The molecule has 0 aromatic carbocycles. The van der Waals surface area contributed by atoms with Crippen LogP contribution in [-0.2, 0) is 9.53 Å². The SMILES string of the molecule is CCOC(=O)C(O)C1CCC(C)CC1C. The molecule has 15 heavy (non-hydrogen) atoms. The van der Waals surface area contributed by atoms with Gasteiger partial charge in [-0.2, -0.15) is 0 Å². The summed E-state index contributed by atoms with van der Waals surface area (Å²) in [5.74, 6) is 0.753. The van der Waals surface area contributed by atoms with Gasteiger partial charge in [-0.15, -0.1) is 0 Å². The van der Waals surface area contributed by atoms with E-state index in [2.05, 4.69) is 13.8 Å². The molecule has 0 aliphatic heterocycles. The summed E-state index contributed by atoms with van der Waals surface area (Å²) in [5.41, 5.74) is 0. The number of aliphatic hydroxyl groups is 1. The van der Waals surface area contributed by atoms with Crippen molar-refractivity contribution < 1.29 is 14.6 Å². The Hall–Kier alpha value is -0.570. The van der Waals surface area contributed by atoms with Crippen LogP contribution in [0.2, 0.25) is 0 Å². The van der Waals surface area contributed by atoms with Crippen LogP contribution in [0.5, 0.6) is 0 Å². The zero-order valence-corrected chi connectivity index (χ0v) is 9.90. The summed E-state index contributed by atoms with van der Waals surface area (Å²) in [5, 5.41) is 9.86. The number of hydrogen-bond donors (Lipinski definition) is 1. The van der Waals surface area contributed by atoms with Gasteiger partial charge >= 0.3 is 5.97 Å². The van der Waals surface area contributed by atoms with E-state index in [-0.39, 0.29) is 5.92 Å². The molecule has 1 saturated carbocycles. The Kier molecular flexibility index (Phi) is 4.58. The predicted molar refractivity (Wildman–Crippen MR) is 58.3 cm³/mol. The van der Waals surface area contributed by atoms with Crippen LogP contribution in [-0.4, -0.2) is 23.8 Å². The summed E-state index contributed by atoms with van der Waals surface area (Å²) in [7, 11) is 0. The fraction of sp³-hybridized carbons (Fsp3) is 0.917. The van der Waals surface area contributed by atoms with Crippen LogP contribution in [0.15, 0.2) is 0 Å². The number of rotatable bonds is 3. The highest BCUT2D eigenvalue weighted by molar-refractivity contribution is 5.74. The van der Waals surface area contributed by atoms with E-state index >= 15 is 0 Å². The molecule has 1 aliphatic rings. The van der Waals surface area contributed by atoms with Crippen molar-refractivity contribution in [2.45, 2.75) is 46.1 Å². The van der Waals surface area contributed by atoms with Crippen LogP contribution in [0.3, 0.4) is 0 Å². The fourth-order valence-corrected chi connectivity index (χ4v) is 2.56. The van der Waals surface area contributed by atoms with E-state index in [9.17, 15) is 9.90 Å². The predicted octanol–water partition coefficient (Wildman–Crippen LogP) is 1.98. The molecule has 3 nitrogen and oxygen atoms in total. The van der Waals surface area contributed by atoms with Crippen molar-refractivity contribution >= 4 is 5.97 Å². The highest BCUT2D eigenvalue weighted by atomic mass is 16.5. The van der Waals surface area contributed by atoms with Gasteiger partial charge in [0.2, 0.25) is 0 Å². The first-order chi connectivity index (χ1) is 7.06. The second-order valence-corrected chi connectivity index (χ2v) is 4.76. The summed E-state index contributed by atoms with van der Waals surface area (Å²) in [6, 6.07) is 0. The van der Waals surface area contributed by atoms with E-state index in [4.69, 9.17) is 4.74 Å². The number of ether oxygens (including phenoxy) is 1. The first-order valence-corrected chi connectivity index (χ1v) is 5.91. The largest absolute Gasteiger partial charge is 0.464 e. The number of aliphatic hydroxyl groups excluding tert-OH is 1. The van der Waals surface area contributed by atoms with Gasteiger partial charge in [0.05, 0.1) is 6.61 Å². The third-order valence-electron chi connectivity index (χ3n) is 3.43. The molecule has 0 heterocycles. The summed E-state index contributed by atoms with van der Waals surface area (Å²) >= 11 is 0. The molecule has 4 atom stereocenters. The fourth-order valence-electron chi connectivity index (χ4n) is 2.56. The Morgan fingerprint density at radius 2 is 2.13 bits per heavy atom. The van der Waals surface area contributed by atoms with Crippen LogP contribution >= 0.6 is 0 Å². The summed E-state index contributed by atoms with van der Waals surface area (Å²) in [4.78, 5) is 11.4. The maximum Gasteiger partial charge on any atom is 0.335 e. The normalized spacial score (nSPS) is 33.5. The van der Waals surface area contributed by atoms with Gasteiger partial charge < -0.3 is 9.84 Å². The van der Waals surface area contributed by atoms with E-state index in [1.54, 1.807) is 6.92 Å². The lowest BCUT2D eigenvalue weighted by Crippen LogP contribution is -2.37. The maximum atomic E-state index is 11.4. The molecule has 0 bridgehead atoms. The van der Waals surface area contributed by atoms with Crippen molar-refractivity contribution in [2.24, 2.45) is 17.8 Å². The zero-order chi connectivity index (χ0) is 11.4. The van der Waals surface area contributed by atoms with Crippen LogP contribution in [0.4, 0.5) is 0 Å². The third kappa shape index (κ3) is 3.20. The monoisotopic (exact) mass is 214 g/mol. The molecule has 0 aromatic rings. The van der Waals surface area contributed by atoms with Gasteiger partial charge in [-0.3, -0.25) is 0 Å². The van der Waals surface area contributed by atoms with Crippen molar-refractivity contribution in [3.63, 3.8) is 0 Å². The Morgan fingerprint density at radius 3 is 2.67 bits per heavy atom. The van der Waals surface area contributed by atoms with Crippen LogP contribution < -0.4 is 0 Å². The van der Waals surface area contributed by atoms with Crippen molar-refractivity contribution in [1.29, 1.82) is 0 Å². The van der Waals surface area contributed by atoms with E-state index in [0.29, 0.717) is 18.4 Å². The van der Waals surface area contributed by atoms with Gasteiger partial charge in [-0.25, -0.2) is 4.79 Å². The second kappa shape index (κ2) is 5.50. The molecule has 0 spiro atoms. The molecule has 0 aromatic heterocycles. The Bertz CT molecular complexity index is 215. The molecule has 1 aliphatic carbocycles. The van der Waals surface area contributed by atoms with Gasteiger partial charge in [0.25, 0.3) is 0 Å². The lowest BCUT2D eigenvalue weighted by Gasteiger charge is -2.34. The minimum absolute atomic E-state index is 0.0836. The number of carbonyl (C=O) groups is 1. The summed E-state index contributed by atoms with van der Waals surface area (Å²) in [6.45, 7) is 6.44. The van der Waals surface area contributed by atoms with Crippen molar-refractivity contribution in [1.82, 2.24) is 0 Å². The molecule has 88 valence electrons. The van der Waals surface area contributed by atoms with Crippen molar-refractivity contribution in [2.75, 3.05) is 6.61 Å². The molecule has 4 unspecified atom stereocenters. The zero-order valence-electron chi connectivity index (χ0n) is 9.90.